The van der Waals surface area contributed by atoms with Crippen molar-refractivity contribution in [1.29, 1.82) is 5.26 Å². The third-order valence-corrected chi connectivity index (χ3v) is 4.09. The first kappa shape index (κ1) is 14.5. The zero-order chi connectivity index (χ0) is 14.7. The predicted octanol–water partition coefficient (Wildman–Crippen LogP) is 3.59. The van der Waals surface area contributed by atoms with Crippen LogP contribution in [0.4, 0.5) is 5.69 Å². The lowest BCUT2D eigenvalue weighted by Crippen LogP contribution is -2.02. The van der Waals surface area contributed by atoms with Crippen LogP contribution < -0.4 is 10.1 Å². The van der Waals surface area contributed by atoms with Crippen molar-refractivity contribution < 1.29 is 4.74 Å². The maximum atomic E-state index is 9.04. The Kier molecular flexibility index (Phi) is 4.35. The molecule has 0 amide bonds. The summed E-state index contributed by atoms with van der Waals surface area (Å²) in [6.07, 6.45) is 0. The van der Waals surface area contributed by atoms with E-state index in [-0.39, 0.29) is 0 Å². The summed E-state index contributed by atoms with van der Waals surface area (Å²) >= 11 is 3.51. The third kappa shape index (κ3) is 2.81. The Bertz CT molecular complexity index is 670. The molecule has 20 heavy (non-hydrogen) atoms. The second-order valence-corrected chi connectivity index (χ2v) is 5.36. The molecule has 1 heterocycles. The Morgan fingerprint density at radius 2 is 2.15 bits per heavy atom. The number of methoxy groups -OCH3 is 1. The molecule has 0 radical (unpaired) electrons. The molecule has 0 unspecified atom stereocenters. The Balaban J connectivity index is 2.19. The van der Waals surface area contributed by atoms with Gasteiger partial charge < -0.3 is 14.6 Å². The first-order chi connectivity index (χ1) is 9.56. The number of nitrogens with zero attached hydrogens (tertiary/aromatic N) is 2. The van der Waals surface area contributed by atoms with Crippen LogP contribution in [0.5, 0.6) is 5.75 Å². The number of benzene rings is 1. The fourth-order valence-corrected chi connectivity index (χ4v) is 2.39. The zero-order valence-electron chi connectivity index (χ0n) is 11.7. The van der Waals surface area contributed by atoms with Crippen LogP contribution in [0.2, 0.25) is 0 Å². The van der Waals surface area contributed by atoms with E-state index in [0.717, 1.165) is 27.2 Å². The highest BCUT2D eigenvalue weighted by Gasteiger charge is 2.09. The van der Waals surface area contributed by atoms with Gasteiger partial charge in [-0.05, 0) is 46.6 Å². The minimum absolute atomic E-state index is 0.660. The molecule has 0 saturated carbocycles. The van der Waals surface area contributed by atoms with E-state index in [9.17, 15) is 0 Å². The monoisotopic (exact) mass is 333 g/mol. The fourth-order valence-electron chi connectivity index (χ4n) is 2.01. The summed E-state index contributed by atoms with van der Waals surface area (Å²) in [6.45, 7) is 2.67. The third-order valence-electron chi connectivity index (χ3n) is 3.40. The Morgan fingerprint density at radius 3 is 2.75 bits per heavy atom. The van der Waals surface area contributed by atoms with Gasteiger partial charge in [-0.1, -0.05) is 0 Å². The van der Waals surface area contributed by atoms with Crippen molar-refractivity contribution in [1.82, 2.24) is 4.57 Å². The molecule has 1 N–H and O–H groups in total. The minimum Gasteiger partial charge on any atom is -0.497 e. The van der Waals surface area contributed by atoms with Gasteiger partial charge in [-0.2, -0.15) is 5.26 Å². The molecule has 5 heteroatoms. The van der Waals surface area contributed by atoms with Gasteiger partial charge in [0.1, 0.15) is 17.5 Å². The van der Waals surface area contributed by atoms with Gasteiger partial charge in [-0.3, -0.25) is 0 Å². The molecule has 0 bridgehead atoms. The van der Waals surface area contributed by atoms with Gasteiger partial charge in [0.25, 0.3) is 0 Å². The van der Waals surface area contributed by atoms with E-state index in [1.807, 2.05) is 42.8 Å². The number of ether oxygens (including phenoxy) is 1. The van der Waals surface area contributed by atoms with Crippen LogP contribution in [-0.2, 0) is 13.6 Å². The highest BCUT2D eigenvalue weighted by Crippen LogP contribution is 2.28. The lowest BCUT2D eigenvalue weighted by molar-refractivity contribution is 0.415. The van der Waals surface area contributed by atoms with E-state index in [1.165, 1.54) is 0 Å². The number of hydrogen-bond donors (Lipinski definition) is 1. The topological polar surface area (TPSA) is 50.0 Å². The summed E-state index contributed by atoms with van der Waals surface area (Å²) in [7, 11) is 3.55. The highest BCUT2D eigenvalue weighted by atomic mass is 79.9. The molecule has 0 aliphatic rings. The van der Waals surface area contributed by atoms with Crippen LogP contribution in [0, 0.1) is 18.3 Å². The van der Waals surface area contributed by atoms with Crippen LogP contribution in [0.15, 0.2) is 28.7 Å². The van der Waals surface area contributed by atoms with E-state index >= 15 is 0 Å². The SMILES string of the molecule is COc1ccc(Br)c(NCc2cc(C#N)n(C)c2C)c1. The predicted molar refractivity (Wildman–Crippen MR) is 82.9 cm³/mol. The minimum atomic E-state index is 0.660. The molecule has 0 aliphatic heterocycles. The number of nitrogens with one attached hydrogen (secondary N) is 1. The van der Waals surface area contributed by atoms with E-state index < -0.39 is 0 Å². The molecule has 104 valence electrons. The molecule has 2 aromatic rings. The average molecular weight is 334 g/mol. The van der Waals surface area contributed by atoms with Crippen molar-refractivity contribution in [3.63, 3.8) is 0 Å². The van der Waals surface area contributed by atoms with E-state index in [2.05, 4.69) is 27.3 Å². The van der Waals surface area contributed by atoms with Crippen molar-refractivity contribution >= 4 is 21.6 Å². The standard InChI is InChI=1S/C15H16BrN3O/c1-10-11(6-12(8-17)19(10)2)9-18-15-7-13(20-3)4-5-14(15)16/h4-7,18H,9H2,1-3H3. The summed E-state index contributed by atoms with van der Waals surface area (Å²) in [6, 6.07) is 9.89. The highest BCUT2D eigenvalue weighted by molar-refractivity contribution is 9.10. The van der Waals surface area contributed by atoms with Crippen molar-refractivity contribution in [3.8, 4) is 11.8 Å². The average Bonchev–Trinajstić information content (AvgIpc) is 2.74. The maximum Gasteiger partial charge on any atom is 0.121 e. The Morgan fingerprint density at radius 1 is 1.40 bits per heavy atom. The summed E-state index contributed by atoms with van der Waals surface area (Å²) in [5.41, 5.74) is 3.84. The number of aromatic nitrogens is 1. The van der Waals surface area contributed by atoms with E-state index in [4.69, 9.17) is 10.00 Å². The normalized spacial score (nSPS) is 10.2. The van der Waals surface area contributed by atoms with Gasteiger partial charge in [0, 0.05) is 29.8 Å². The van der Waals surface area contributed by atoms with Gasteiger partial charge >= 0.3 is 0 Å². The molecule has 1 aromatic carbocycles. The first-order valence-electron chi connectivity index (χ1n) is 6.19. The Labute approximate surface area is 127 Å². The summed E-state index contributed by atoms with van der Waals surface area (Å²) < 4.78 is 8.10. The van der Waals surface area contributed by atoms with Crippen molar-refractivity contribution in [2.24, 2.45) is 7.05 Å². The fraction of sp³-hybridized carbons (Fsp3) is 0.267. The van der Waals surface area contributed by atoms with Gasteiger partial charge in [-0.15, -0.1) is 0 Å². The lowest BCUT2D eigenvalue weighted by atomic mass is 10.2. The summed E-state index contributed by atoms with van der Waals surface area (Å²) in [5, 5.41) is 12.4. The van der Waals surface area contributed by atoms with Crippen LogP contribution in [0.25, 0.3) is 0 Å². The van der Waals surface area contributed by atoms with Crippen molar-refractivity contribution in [2.45, 2.75) is 13.5 Å². The van der Waals surface area contributed by atoms with Gasteiger partial charge in [0.05, 0.1) is 12.8 Å². The molecule has 2 rings (SSSR count). The first-order valence-corrected chi connectivity index (χ1v) is 6.98. The molecule has 0 aliphatic carbocycles. The zero-order valence-corrected chi connectivity index (χ0v) is 13.3. The summed E-state index contributed by atoms with van der Waals surface area (Å²) in [5.74, 6) is 0.804. The number of halogens is 1. The summed E-state index contributed by atoms with van der Waals surface area (Å²) in [4.78, 5) is 0. The largest absolute Gasteiger partial charge is 0.497 e. The van der Waals surface area contributed by atoms with E-state index in [1.54, 1.807) is 7.11 Å². The molecular weight excluding hydrogens is 318 g/mol. The van der Waals surface area contributed by atoms with Gasteiger partial charge in [-0.25, -0.2) is 0 Å². The number of rotatable bonds is 4. The van der Waals surface area contributed by atoms with Crippen LogP contribution in [0.1, 0.15) is 17.0 Å². The second kappa shape index (κ2) is 6.02. The van der Waals surface area contributed by atoms with Crippen LogP contribution >= 0.6 is 15.9 Å². The van der Waals surface area contributed by atoms with Gasteiger partial charge in [0.15, 0.2) is 0 Å². The quantitative estimate of drug-likeness (QED) is 0.930. The smallest absolute Gasteiger partial charge is 0.121 e. The maximum absolute atomic E-state index is 9.04. The molecule has 4 nitrogen and oxygen atoms in total. The number of hydrogen-bond acceptors (Lipinski definition) is 3. The molecular formula is C15H16BrN3O. The lowest BCUT2D eigenvalue weighted by Gasteiger charge is -2.10. The van der Waals surface area contributed by atoms with Crippen LogP contribution in [-0.4, -0.2) is 11.7 Å². The van der Waals surface area contributed by atoms with Crippen molar-refractivity contribution in [2.75, 3.05) is 12.4 Å². The molecule has 0 fully saturated rings. The number of anilines is 1. The molecule has 1 aromatic heterocycles. The molecule has 0 saturated heterocycles. The molecule has 0 spiro atoms. The van der Waals surface area contributed by atoms with Gasteiger partial charge in [0.2, 0.25) is 0 Å². The van der Waals surface area contributed by atoms with Crippen LogP contribution in [0.3, 0.4) is 0 Å². The number of nitriles is 1. The molecule has 0 atom stereocenters. The van der Waals surface area contributed by atoms with Crippen molar-refractivity contribution in [3.05, 3.63) is 45.7 Å². The van der Waals surface area contributed by atoms with E-state index in [0.29, 0.717) is 12.2 Å². The Hall–Kier alpha value is -1.93. The second-order valence-electron chi connectivity index (χ2n) is 4.51.